The van der Waals surface area contributed by atoms with Crippen molar-refractivity contribution in [2.24, 2.45) is 11.8 Å². The maximum atomic E-state index is 13.1. The van der Waals surface area contributed by atoms with E-state index in [9.17, 15) is 4.79 Å². The zero-order chi connectivity index (χ0) is 19.7. The second kappa shape index (κ2) is 8.47. The van der Waals surface area contributed by atoms with Crippen LogP contribution < -0.4 is 0 Å². The molecule has 2 aliphatic rings. The smallest absolute Gasteiger partial charge is 0.236 e. The Labute approximate surface area is 175 Å². The van der Waals surface area contributed by atoms with Crippen LogP contribution in [0.15, 0.2) is 29.6 Å². The molecule has 0 bridgehead atoms. The Morgan fingerprint density at radius 2 is 1.79 bits per heavy atom. The van der Waals surface area contributed by atoms with Crippen LogP contribution in [0.5, 0.6) is 0 Å². The molecule has 1 amide bonds. The zero-order valence-corrected chi connectivity index (χ0v) is 18.0. The van der Waals surface area contributed by atoms with Gasteiger partial charge in [0, 0.05) is 48.4 Å². The summed E-state index contributed by atoms with van der Waals surface area (Å²) >= 11 is 7.45. The van der Waals surface area contributed by atoms with Crippen molar-refractivity contribution in [1.82, 2.24) is 19.4 Å². The molecular weight excluding hydrogens is 392 g/mol. The van der Waals surface area contributed by atoms with Gasteiger partial charge in [0.05, 0.1) is 12.2 Å². The topological polar surface area (TPSA) is 49.3 Å². The molecule has 28 heavy (non-hydrogen) atoms. The van der Waals surface area contributed by atoms with Crippen LogP contribution in [-0.4, -0.2) is 58.0 Å². The highest BCUT2D eigenvalue weighted by Gasteiger charge is 2.39. The van der Waals surface area contributed by atoms with Crippen molar-refractivity contribution in [3.8, 4) is 0 Å². The highest BCUT2D eigenvalue weighted by Crippen LogP contribution is 2.39. The molecule has 0 N–H and O–H groups in total. The fourth-order valence-electron chi connectivity index (χ4n) is 4.90. The molecule has 7 heteroatoms. The Kier molecular flexibility index (Phi) is 5.99. The lowest BCUT2D eigenvalue weighted by molar-refractivity contribution is -0.132. The number of benzene rings is 1. The fourth-order valence-corrected chi connectivity index (χ4v) is 5.55. The summed E-state index contributed by atoms with van der Waals surface area (Å²) in [4.78, 5) is 17.5. The van der Waals surface area contributed by atoms with Gasteiger partial charge < -0.3 is 4.90 Å². The van der Waals surface area contributed by atoms with Gasteiger partial charge in [-0.15, -0.1) is 5.10 Å². The monoisotopic (exact) mass is 418 g/mol. The number of rotatable bonds is 4. The van der Waals surface area contributed by atoms with E-state index in [4.69, 9.17) is 11.6 Å². The molecule has 2 unspecified atom stereocenters. The Morgan fingerprint density at radius 1 is 1.11 bits per heavy atom. The van der Waals surface area contributed by atoms with E-state index in [2.05, 4.69) is 40.5 Å². The van der Waals surface area contributed by atoms with Crippen LogP contribution >= 0.6 is 23.1 Å². The van der Waals surface area contributed by atoms with Gasteiger partial charge in [-0.05, 0) is 47.5 Å². The first-order valence-corrected chi connectivity index (χ1v) is 11.2. The molecular formula is C21H27ClN4OS. The average Bonchev–Trinajstić information content (AvgIpc) is 3.31. The first-order valence-electron chi connectivity index (χ1n) is 10.0. The number of carbonyl (C=O) groups is 1. The molecule has 0 saturated carbocycles. The SMILES string of the molecule is CC1CC(C)CN(CC(=O)N2C[C@H](c3ccc(Cl)cc3)[C@@H](c3csnn3)C2)C1. The predicted molar refractivity (Wildman–Crippen MR) is 113 cm³/mol. The van der Waals surface area contributed by atoms with Crippen molar-refractivity contribution in [3.05, 3.63) is 45.9 Å². The summed E-state index contributed by atoms with van der Waals surface area (Å²) in [5.41, 5.74) is 2.19. The summed E-state index contributed by atoms with van der Waals surface area (Å²) in [7, 11) is 0. The van der Waals surface area contributed by atoms with E-state index in [0.717, 1.165) is 30.4 Å². The molecule has 2 aromatic rings. The van der Waals surface area contributed by atoms with Crippen molar-refractivity contribution < 1.29 is 4.79 Å². The average molecular weight is 419 g/mol. The van der Waals surface area contributed by atoms with E-state index >= 15 is 0 Å². The molecule has 1 aromatic carbocycles. The summed E-state index contributed by atoms with van der Waals surface area (Å²) in [5, 5.41) is 7.06. The lowest BCUT2D eigenvalue weighted by atomic mass is 9.87. The molecule has 3 heterocycles. The number of nitrogens with zero attached hydrogens (tertiary/aromatic N) is 4. The summed E-state index contributed by atoms with van der Waals surface area (Å²) in [6.45, 7) is 8.55. The number of hydrogen-bond donors (Lipinski definition) is 0. The maximum absolute atomic E-state index is 13.1. The molecule has 5 nitrogen and oxygen atoms in total. The number of carbonyl (C=O) groups excluding carboxylic acids is 1. The minimum absolute atomic E-state index is 0.183. The van der Waals surface area contributed by atoms with Gasteiger partial charge in [0.2, 0.25) is 5.91 Å². The van der Waals surface area contributed by atoms with E-state index in [-0.39, 0.29) is 17.7 Å². The van der Waals surface area contributed by atoms with E-state index in [0.29, 0.717) is 24.9 Å². The van der Waals surface area contributed by atoms with Crippen LogP contribution in [0.1, 0.15) is 43.4 Å². The Bertz CT molecular complexity index is 787. The van der Waals surface area contributed by atoms with Gasteiger partial charge in [0.1, 0.15) is 0 Å². The molecule has 0 spiro atoms. The molecule has 4 atom stereocenters. The van der Waals surface area contributed by atoms with Crippen LogP contribution in [0, 0.1) is 11.8 Å². The van der Waals surface area contributed by atoms with Crippen molar-refractivity contribution in [2.45, 2.75) is 32.1 Å². The first kappa shape index (κ1) is 19.8. The fraction of sp³-hybridized carbons (Fsp3) is 0.571. The van der Waals surface area contributed by atoms with Crippen LogP contribution in [0.3, 0.4) is 0 Å². The van der Waals surface area contributed by atoms with Crippen LogP contribution in [-0.2, 0) is 4.79 Å². The number of hydrogen-bond acceptors (Lipinski definition) is 5. The predicted octanol–water partition coefficient (Wildman–Crippen LogP) is 3.88. The molecule has 1 aromatic heterocycles. The number of piperidine rings is 1. The standard InChI is InChI=1S/C21H27ClN4OS/c1-14-7-15(2)9-25(8-14)12-21(27)26-10-18(16-3-5-17(22)6-4-16)19(11-26)20-13-28-24-23-20/h3-6,13-15,18-19H,7-12H2,1-2H3/t14?,15?,18-,19+/m1/s1. The maximum Gasteiger partial charge on any atom is 0.236 e. The molecule has 4 rings (SSSR count). The van der Waals surface area contributed by atoms with Crippen molar-refractivity contribution >= 4 is 29.0 Å². The second-order valence-electron chi connectivity index (χ2n) is 8.53. The number of halogens is 1. The highest BCUT2D eigenvalue weighted by molar-refractivity contribution is 7.03. The van der Waals surface area contributed by atoms with E-state index < -0.39 is 0 Å². The van der Waals surface area contributed by atoms with E-state index in [1.165, 1.54) is 23.5 Å². The zero-order valence-electron chi connectivity index (χ0n) is 16.4. The van der Waals surface area contributed by atoms with Gasteiger partial charge in [0.25, 0.3) is 0 Å². The molecule has 0 aliphatic carbocycles. The molecule has 0 radical (unpaired) electrons. The largest absolute Gasteiger partial charge is 0.340 e. The third kappa shape index (κ3) is 4.39. The Morgan fingerprint density at radius 3 is 2.43 bits per heavy atom. The summed E-state index contributed by atoms with van der Waals surface area (Å²) in [6, 6.07) is 7.99. The molecule has 2 saturated heterocycles. The van der Waals surface area contributed by atoms with Crippen LogP contribution in [0.4, 0.5) is 0 Å². The van der Waals surface area contributed by atoms with Crippen LogP contribution in [0.25, 0.3) is 0 Å². The normalized spacial score (nSPS) is 28.6. The van der Waals surface area contributed by atoms with Gasteiger partial charge >= 0.3 is 0 Å². The van der Waals surface area contributed by atoms with E-state index in [1.807, 2.05) is 22.4 Å². The lowest BCUT2D eigenvalue weighted by Crippen LogP contribution is -2.45. The van der Waals surface area contributed by atoms with Gasteiger partial charge in [-0.1, -0.05) is 42.1 Å². The Balaban J connectivity index is 1.49. The number of aromatic nitrogens is 2. The number of likely N-dealkylation sites (tertiary alicyclic amines) is 2. The minimum Gasteiger partial charge on any atom is -0.340 e. The third-order valence-electron chi connectivity index (χ3n) is 6.03. The summed E-state index contributed by atoms with van der Waals surface area (Å²) in [5.74, 6) is 1.95. The molecule has 2 aliphatic heterocycles. The van der Waals surface area contributed by atoms with Crippen molar-refractivity contribution in [1.29, 1.82) is 0 Å². The highest BCUT2D eigenvalue weighted by atomic mass is 35.5. The quantitative estimate of drug-likeness (QED) is 0.756. The van der Waals surface area contributed by atoms with Gasteiger partial charge in [-0.2, -0.15) is 0 Å². The van der Waals surface area contributed by atoms with Crippen molar-refractivity contribution in [2.75, 3.05) is 32.7 Å². The first-order chi connectivity index (χ1) is 13.5. The number of amides is 1. The van der Waals surface area contributed by atoms with Gasteiger partial charge in [0.15, 0.2) is 0 Å². The summed E-state index contributed by atoms with van der Waals surface area (Å²) in [6.07, 6.45) is 1.26. The van der Waals surface area contributed by atoms with Crippen molar-refractivity contribution in [3.63, 3.8) is 0 Å². The van der Waals surface area contributed by atoms with Gasteiger partial charge in [-0.25, -0.2) is 0 Å². The molecule has 150 valence electrons. The minimum atomic E-state index is 0.183. The van der Waals surface area contributed by atoms with Crippen LogP contribution in [0.2, 0.25) is 5.02 Å². The van der Waals surface area contributed by atoms with E-state index in [1.54, 1.807) is 0 Å². The third-order valence-corrected chi connectivity index (χ3v) is 6.81. The van der Waals surface area contributed by atoms with Gasteiger partial charge in [-0.3, -0.25) is 9.69 Å². The second-order valence-corrected chi connectivity index (χ2v) is 9.58. The molecule has 2 fully saturated rings. The summed E-state index contributed by atoms with van der Waals surface area (Å²) < 4.78 is 4.05. The Hall–Kier alpha value is -1.50. The lowest BCUT2D eigenvalue weighted by Gasteiger charge is -2.35.